The summed E-state index contributed by atoms with van der Waals surface area (Å²) in [6, 6.07) is 8.51. The number of nitrogens with zero attached hydrogens (tertiary/aromatic N) is 1. The summed E-state index contributed by atoms with van der Waals surface area (Å²) in [4.78, 5) is 2.34. The number of amidine groups is 1. The van der Waals surface area contributed by atoms with Crippen LogP contribution in [0.5, 0.6) is 0 Å². The second-order valence-electron chi connectivity index (χ2n) is 4.29. The summed E-state index contributed by atoms with van der Waals surface area (Å²) >= 11 is 0. The number of hydrogen-bond donors (Lipinski definition) is 2. The zero-order valence-corrected chi connectivity index (χ0v) is 9.03. The molecule has 3 nitrogen and oxygen atoms in total. The maximum atomic E-state index is 7.38. The van der Waals surface area contributed by atoms with Gasteiger partial charge in [0, 0.05) is 25.6 Å². The number of nitrogens with one attached hydrogen (secondary N) is 1. The van der Waals surface area contributed by atoms with E-state index >= 15 is 0 Å². The van der Waals surface area contributed by atoms with Crippen LogP contribution in [0.2, 0.25) is 0 Å². The molecule has 80 valence electrons. The Morgan fingerprint density at radius 1 is 1.40 bits per heavy atom. The number of rotatable bonds is 3. The summed E-state index contributed by atoms with van der Waals surface area (Å²) in [7, 11) is 0. The van der Waals surface area contributed by atoms with Gasteiger partial charge in [-0.3, -0.25) is 10.3 Å². The van der Waals surface area contributed by atoms with Crippen LogP contribution in [-0.2, 0) is 13.1 Å². The van der Waals surface area contributed by atoms with Crippen molar-refractivity contribution in [3.05, 3.63) is 35.4 Å². The van der Waals surface area contributed by atoms with Crippen LogP contribution >= 0.6 is 0 Å². The fourth-order valence-corrected chi connectivity index (χ4v) is 2.02. The highest BCUT2D eigenvalue weighted by Crippen LogP contribution is 2.22. The van der Waals surface area contributed by atoms with Gasteiger partial charge in [0.25, 0.3) is 0 Å². The predicted octanol–water partition coefficient (Wildman–Crippen LogP) is 1.57. The van der Waals surface area contributed by atoms with Gasteiger partial charge < -0.3 is 5.73 Å². The molecule has 0 amide bonds. The molecule has 0 spiro atoms. The Bertz CT molecular complexity index is 348. The molecule has 1 aliphatic heterocycles. The van der Waals surface area contributed by atoms with Crippen molar-refractivity contribution in [2.24, 2.45) is 11.7 Å². The zero-order valence-electron chi connectivity index (χ0n) is 9.03. The molecule has 1 unspecified atom stereocenters. The summed E-state index contributed by atoms with van der Waals surface area (Å²) in [6.45, 7) is 4.87. The van der Waals surface area contributed by atoms with Crippen molar-refractivity contribution in [2.75, 3.05) is 6.54 Å². The third-order valence-corrected chi connectivity index (χ3v) is 2.97. The van der Waals surface area contributed by atoms with Gasteiger partial charge in [-0.15, -0.1) is 0 Å². The lowest BCUT2D eigenvalue weighted by molar-refractivity contribution is 0.266. The van der Waals surface area contributed by atoms with Gasteiger partial charge in [0.15, 0.2) is 0 Å². The highest BCUT2D eigenvalue weighted by Gasteiger charge is 2.20. The minimum atomic E-state index is 0.152. The van der Waals surface area contributed by atoms with Gasteiger partial charge >= 0.3 is 0 Å². The molecule has 0 aliphatic carbocycles. The van der Waals surface area contributed by atoms with Crippen molar-refractivity contribution in [2.45, 2.75) is 20.0 Å². The molecular formula is C12H17N3. The van der Waals surface area contributed by atoms with E-state index in [1.54, 1.807) is 0 Å². The highest BCUT2D eigenvalue weighted by molar-refractivity contribution is 5.79. The van der Waals surface area contributed by atoms with Gasteiger partial charge in [0.1, 0.15) is 0 Å². The smallest absolute Gasteiger partial charge is 0.0947 e. The Morgan fingerprint density at radius 2 is 1.93 bits per heavy atom. The number of nitrogens with two attached hydrogens (primary N) is 1. The summed E-state index contributed by atoms with van der Waals surface area (Å²) in [5.74, 6) is 0.435. The van der Waals surface area contributed by atoms with Gasteiger partial charge in [-0.1, -0.05) is 31.2 Å². The van der Waals surface area contributed by atoms with E-state index in [2.05, 4.69) is 29.2 Å². The van der Waals surface area contributed by atoms with Gasteiger partial charge in [-0.05, 0) is 11.1 Å². The van der Waals surface area contributed by atoms with E-state index in [1.165, 1.54) is 11.1 Å². The lowest BCUT2D eigenvalue weighted by Gasteiger charge is -2.19. The Hall–Kier alpha value is -1.35. The van der Waals surface area contributed by atoms with Crippen molar-refractivity contribution in [1.29, 1.82) is 5.41 Å². The maximum Gasteiger partial charge on any atom is 0.0947 e. The maximum absolute atomic E-state index is 7.38. The van der Waals surface area contributed by atoms with Crippen LogP contribution in [-0.4, -0.2) is 17.3 Å². The van der Waals surface area contributed by atoms with Crippen LogP contribution in [0.1, 0.15) is 18.1 Å². The van der Waals surface area contributed by atoms with Gasteiger partial charge in [-0.2, -0.15) is 0 Å². The lowest BCUT2D eigenvalue weighted by atomic mass is 10.1. The largest absolute Gasteiger partial charge is 0.387 e. The summed E-state index contributed by atoms with van der Waals surface area (Å²) in [5.41, 5.74) is 8.30. The van der Waals surface area contributed by atoms with Crippen molar-refractivity contribution in [1.82, 2.24) is 4.90 Å². The van der Waals surface area contributed by atoms with E-state index in [0.717, 1.165) is 19.6 Å². The summed E-state index contributed by atoms with van der Waals surface area (Å²) in [5, 5.41) is 7.38. The molecule has 1 heterocycles. The van der Waals surface area contributed by atoms with Gasteiger partial charge in [0.05, 0.1) is 5.84 Å². The van der Waals surface area contributed by atoms with Gasteiger partial charge in [-0.25, -0.2) is 0 Å². The van der Waals surface area contributed by atoms with Crippen molar-refractivity contribution in [3.8, 4) is 0 Å². The molecule has 3 heteroatoms. The Kier molecular flexibility index (Phi) is 2.73. The zero-order chi connectivity index (χ0) is 10.8. The molecule has 0 saturated carbocycles. The normalized spacial score (nSPS) is 17.4. The number of hydrogen-bond acceptors (Lipinski definition) is 2. The molecule has 1 aromatic carbocycles. The van der Waals surface area contributed by atoms with Crippen molar-refractivity contribution < 1.29 is 0 Å². The third kappa shape index (κ3) is 2.18. The van der Waals surface area contributed by atoms with Crippen LogP contribution in [0.25, 0.3) is 0 Å². The quantitative estimate of drug-likeness (QED) is 0.579. The first kappa shape index (κ1) is 10.2. The third-order valence-electron chi connectivity index (χ3n) is 2.97. The van der Waals surface area contributed by atoms with E-state index in [4.69, 9.17) is 11.1 Å². The molecule has 15 heavy (non-hydrogen) atoms. The fraction of sp³-hybridized carbons (Fsp3) is 0.417. The van der Waals surface area contributed by atoms with E-state index in [9.17, 15) is 0 Å². The van der Waals surface area contributed by atoms with Gasteiger partial charge in [0.2, 0.25) is 0 Å². The summed E-state index contributed by atoms with van der Waals surface area (Å²) < 4.78 is 0. The lowest BCUT2D eigenvalue weighted by Crippen LogP contribution is -2.31. The van der Waals surface area contributed by atoms with Crippen LogP contribution in [0.3, 0.4) is 0 Å². The second-order valence-corrected chi connectivity index (χ2v) is 4.29. The average Bonchev–Trinajstić information content (AvgIpc) is 2.59. The Balaban J connectivity index is 1.99. The first-order valence-electron chi connectivity index (χ1n) is 5.30. The van der Waals surface area contributed by atoms with Crippen molar-refractivity contribution in [3.63, 3.8) is 0 Å². The Labute approximate surface area is 90.4 Å². The van der Waals surface area contributed by atoms with E-state index in [1.807, 2.05) is 6.92 Å². The van der Waals surface area contributed by atoms with E-state index in [0.29, 0.717) is 0 Å². The Morgan fingerprint density at radius 3 is 2.40 bits per heavy atom. The molecular weight excluding hydrogens is 186 g/mol. The minimum absolute atomic E-state index is 0.152. The van der Waals surface area contributed by atoms with E-state index < -0.39 is 0 Å². The van der Waals surface area contributed by atoms with Crippen LogP contribution in [0.15, 0.2) is 24.3 Å². The predicted molar refractivity (Wildman–Crippen MR) is 61.6 cm³/mol. The first-order valence-corrected chi connectivity index (χ1v) is 5.30. The second kappa shape index (κ2) is 4.03. The molecule has 0 fully saturated rings. The molecule has 0 saturated heterocycles. The van der Waals surface area contributed by atoms with Crippen LogP contribution in [0, 0.1) is 11.3 Å². The first-order chi connectivity index (χ1) is 7.16. The topological polar surface area (TPSA) is 53.1 Å². The van der Waals surface area contributed by atoms with E-state index in [-0.39, 0.29) is 11.8 Å². The van der Waals surface area contributed by atoms with Crippen molar-refractivity contribution >= 4 is 5.84 Å². The number of fused-ring (bicyclic) bond motifs is 1. The molecule has 0 aromatic heterocycles. The monoisotopic (exact) mass is 203 g/mol. The van der Waals surface area contributed by atoms with Crippen LogP contribution < -0.4 is 5.73 Å². The molecule has 1 aliphatic rings. The molecule has 0 radical (unpaired) electrons. The SMILES string of the molecule is CC(CN1Cc2ccccc2C1)C(=N)N. The minimum Gasteiger partial charge on any atom is -0.387 e. The fourth-order valence-electron chi connectivity index (χ4n) is 2.02. The number of benzene rings is 1. The van der Waals surface area contributed by atoms with Crippen LogP contribution in [0.4, 0.5) is 0 Å². The average molecular weight is 203 g/mol. The highest BCUT2D eigenvalue weighted by atomic mass is 15.1. The molecule has 1 atom stereocenters. The molecule has 2 rings (SSSR count). The molecule has 0 bridgehead atoms. The summed E-state index contributed by atoms with van der Waals surface area (Å²) in [6.07, 6.45) is 0. The standard InChI is InChI=1S/C12H17N3/c1-9(12(13)14)6-15-7-10-4-2-3-5-11(10)8-15/h2-5,9H,6-8H2,1H3,(H3,13,14). The molecule has 3 N–H and O–H groups in total. The molecule has 1 aromatic rings.